The smallest absolute Gasteiger partial charge is 0.422 e. The summed E-state index contributed by atoms with van der Waals surface area (Å²) in [6, 6.07) is 19.3. The molecule has 1 aromatic heterocycles. The topological polar surface area (TPSA) is 160 Å². The number of nitrogens with zero attached hydrogens (tertiary/aromatic N) is 4. The molecule has 4 N–H and O–H groups in total. The number of aromatic nitrogens is 3. The zero-order valence-electron chi connectivity index (χ0n) is 28.2. The maximum Gasteiger partial charge on any atom is 0.422 e. The molecule has 0 atom stereocenters. The van der Waals surface area contributed by atoms with Crippen molar-refractivity contribution >= 4 is 52.6 Å². The summed E-state index contributed by atoms with van der Waals surface area (Å²) in [5.74, 6) is -1.72. The van der Waals surface area contributed by atoms with Gasteiger partial charge in [0.2, 0.25) is 11.9 Å². The number of carbonyl (C=O) groups is 3. The van der Waals surface area contributed by atoms with E-state index in [-0.39, 0.29) is 55.6 Å². The van der Waals surface area contributed by atoms with Crippen LogP contribution in [0.1, 0.15) is 36.2 Å². The molecular formula is C35H36ClF3N8O5. The van der Waals surface area contributed by atoms with Gasteiger partial charge in [0.15, 0.2) is 6.61 Å². The standard InChI is InChI=1S/C35H36ClF3N8O5/c1-34(2)19-41-28(48)23-10-12-25(13-11-23)43-32-44-31(45-33(46-32)52-21-35(37,38)39)40-18-22-9-14-27(26(36)17-22)51-16-6-15-47(20-34)30(50)29(49)42-24-7-4-3-5-8-24/h3-5,7-14,17H,6,15-16,18-21H2,1-2H3,(H,41,48)(H,42,49)(H2,40,43,44,45,46). The van der Waals surface area contributed by atoms with Crippen LogP contribution < -0.4 is 30.7 Å². The number of rotatable bonds is 3. The van der Waals surface area contributed by atoms with Crippen LogP contribution in [0.15, 0.2) is 72.8 Å². The summed E-state index contributed by atoms with van der Waals surface area (Å²) in [5.41, 5.74) is 1.24. The molecule has 13 nitrogen and oxygen atoms in total. The lowest BCUT2D eigenvalue weighted by molar-refractivity contribution is -0.154. The first-order valence-electron chi connectivity index (χ1n) is 16.1. The fourth-order valence-electron chi connectivity index (χ4n) is 5.02. The first-order valence-corrected chi connectivity index (χ1v) is 16.5. The predicted molar refractivity (Wildman–Crippen MR) is 188 cm³/mol. The van der Waals surface area contributed by atoms with Crippen molar-refractivity contribution in [2.45, 2.75) is 33.0 Å². The monoisotopic (exact) mass is 740 g/mol. The van der Waals surface area contributed by atoms with Crippen LogP contribution in [0.2, 0.25) is 5.02 Å². The van der Waals surface area contributed by atoms with Crippen LogP contribution in [0, 0.1) is 5.41 Å². The molecule has 4 aromatic rings. The maximum absolute atomic E-state index is 13.4. The van der Waals surface area contributed by atoms with Gasteiger partial charge in [0.05, 0.1) is 11.6 Å². The van der Waals surface area contributed by atoms with Gasteiger partial charge in [-0.15, -0.1) is 0 Å². The number of para-hydroxylation sites is 1. The molecule has 52 heavy (non-hydrogen) atoms. The van der Waals surface area contributed by atoms with E-state index >= 15 is 0 Å². The fraction of sp³-hybridized carbons (Fsp3) is 0.314. The van der Waals surface area contributed by atoms with E-state index in [0.29, 0.717) is 34.7 Å². The Morgan fingerprint density at radius 2 is 1.73 bits per heavy atom. The Labute approximate surface area is 302 Å². The van der Waals surface area contributed by atoms with Gasteiger partial charge >= 0.3 is 24.0 Å². The molecule has 0 unspecified atom stereocenters. The minimum absolute atomic E-state index is 0.0734. The molecular weight excluding hydrogens is 705 g/mol. The molecule has 274 valence electrons. The predicted octanol–water partition coefficient (Wildman–Crippen LogP) is 5.83. The van der Waals surface area contributed by atoms with E-state index < -0.39 is 36.0 Å². The summed E-state index contributed by atoms with van der Waals surface area (Å²) >= 11 is 6.50. The van der Waals surface area contributed by atoms with Gasteiger partial charge in [0.25, 0.3) is 5.91 Å². The maximum atomic E-state index is 13.4. The Kier molecular flexibility index (Phi) is 12.0. The van der Waals surface area contributed by atoms with E-state index in [1.54, 1.807) is 72.8 Å². The van der Waals surface area contributed by atoms with Gasteiger partial charge < -0.3 is 35.6 Å². The Balaban J connectivity index is 1.38. The minimum Gasteiger partial charge on any atom is -0.492 e. The van der Waals surface area contributed by atoms with E-state index in [1.807, 2.05) is 13.8 Å². The van der Waals surface area contributed by atoms with Crippen LogP contribution in [0.3, 0.4) is 0 Å². The second kappa shape index (κ2) is 16.6. The van der Waals surface area contributed by atoms with Crippen molar-refractivity contribution in [3.05, 3.63) is 88.9 Å². The van der Waals surface area contributed by atoms with Crippen LogP contribution in [-0.2, 0) is 16.1 Å². The average molecular weight is 741 g/mol. The second-order valence-corrected chi connectivity index (χ2v) is 13.0. The number of benzene rings is 3. The molecule has 0 radical (unpaired) electrons. The van der Waals surface area contributed by atoms with E-state index in [2.05, 4.69) is 36.2 Å². The van der Waals surface area contributed by atoms with Crippen LogP contribution in [0.5, 0.6) is 11.8 Å². The molecule has 8 rings (SSSR count). The summed E-state index contributed by atoms with van der Waals surface area (Å²) in [5, 5.41) is 11.6. The summed E-state index contributed by atoms with van der Waals surface area (Å²) in [6.45, 7) is 2.89. The summed E-state index contributed by atoms with van der Waals surface area (Å²) in [7, 11) is 0. The molecule has 0 fully saturated rings. The zero-order chi connectivity index (χ0) is 37.3. The molecule has 0 saturated carbocycles. The molecule has 5 heterocycles. The summed E-state index contributed by atoms with van der Waals surface area (Å²) < 4.78 is 49.3. The molecule has 0 aliphatic carbocycles. The number of halogens is 4. The van der Waals surface area contributed by atoms with Gasteiger partial charge in [-0.05, 0) is 65.9 Å². The first-order chi connectivity index (χ1) is 24.7. The lowest BCUT2D eigenvalue weighted by Crippen LogP contribution is -2.48. The van der Waals surface area contributed by atoms with Crippen molar-refractivity contribution in [3.63, 3.8) is 0 Å². The van der Waals surface area contributed by atoms with Crippen molar-refractivity contribution in [2.75, 3.05) is 48.8 Å². The van der Waals surface area contributed by atoms with Crippen LogP contribution >= 0.6 is 11.6 Å². The third-order valence-corrected chi connectivity index (χ3v) is 7.81. The number of amides is 3. The highest BCUT2D eigenvalue weighted by Gasteiger charge is 2.30. The van der Waals surface area contributed by atoms with Gasteiger partial charge in [-0.2, -0.15) is 28.1 Å². The Bertz CT molecular complexity index is 1880. The van der Waals surface area contributed by atoms with Gasteiger partial charge in [-0.1, -0.05) is 49.7 Å². The van der Waals surface area contributed by atoms with Gasteiger partial charge in [0.1, 0.15) is 5.75 Å². The highest BCUT2D eigenvalue weighted by Crippen LogP contribution is 2.27. The first kappa shape index (κ1) is 37.6. The number of anilines is 4. The Hall–Kier alpha value is -5.64. The molecule has 4 aliphatic rings. The van der Waals surface area contributed by atoms with Crippen molar-refractivity contribution < 1.29 is 37.0 Å². The molecule has 0 saturated heterocycles. The van der Waals surface area contributed by atoms with Crippen LogP contribution in [0.25, 0.3) is 0 Å². The highest BCUT2D eigenvalue weighted by atomic mass is 35.5. The Morgan fingerprint density at radius 3 is 2.44 bits per heavy atom. The molecule has 4 aliphatic heterocycles. The van der Waals surface area contributed by atoms with Crippen molar-refractivity contribution in [1.29, 1.82) is 0 Å². The van der Waals surface area contributed by atoms with E-state index in [0.717, 1.165) is 0 Å². The quantitative estimate of drug-likeness (QED) is 0.188. The van der Waals surface area contributed by atoms with Gasteiger partial charge in [-0.3, -0.25) is 14.4 Å². The number of hydrogen-bond acceptors (Lipinski definition) is 10. The number of carbonyl (C=O) groups excluding carboxylic acids is 3. The Morgan fingerprint density at radius 1 is 1.00 bits per heavy atom. The SMILES string of the molecule is CC1(C)CNC(=O)c2ccc(cc2)Nc2nc(nc(OCC(F)(F)F)n2)NCc2ccc(c(Cl)c2)OCCCN(C(=O)C(=O)Nc2ccccc2)C1. The molecule has 3 amide bonds. The minimum atomic E-state index is -4.62. The third kappa shape index (κ3) is 11.2. The summed E-state index contributed by atoms with van der Waals surface area (Å²) in [6.07, 6.45) is -4.26. The lowest BCUT2D eigenvalue weighted by atomic mass is 9.92. The fourth-order valence-corrected chi connectivity index (χ4v) is 5.28. The van der Waals surface area contributed by atoms with Gasteiger partial charge in [-0.25, -0.2) is 0 Å². The molecule has 17 heteroatoms. The zero-order valence-corrected chi connectivity index (χ0v) is 29.0. The third-order valence-electron chi connectivity index (χ3n) is 7.52. The van der Waals surface area contributed by atoms with Gasteiger partial charge in [0, 0.05) is 43.1 Å². The van der Waals surface area contributed by atoms with E-state index in [4.69, 9.17) is 21.1 Å². The van der Waals surface area contributed by atoms with Crippen LogP contribution in [-0.4, -0.2) is 76.6 Å². The van der Waals surface area contributed by atoms with Crippen molar-refractivity contribution in [1.82, 2.24) is 25.2 Å². The van der Waals surface area contributed by atoms with E-state index in [1.165, 1.54) is 4.90 Å². The number of alkyl halides is 3. The number of hydrogen-bond donors (Lipinski definition) is 4. The summed E-state index contributed by atoms with van der Waals surface area (Å²) in [4.78, 5) is 53.1. The number of ether oxygens (including phenoxy) is 2. The van der Waals surface area contributed by atoms with Crippen molar-refractivity contribution in [3.8, 4) is 11.8 Å². The lowest BCUT2D eigenvalue weighted by Gasteiger charge is -2.32. The average Bonchev–Trinajstić information content (AvgIpc) is 3.10. The highest BCUT2D eigenvalue weighted by molar-refractivity contribution is 6.39. The molecule has 3 aromatic carbocycles. The van der Waals surface area contributed by atoms with Crippen LogP contribution in [0.4, 0.5) is 36.4 Å². The largest absolute Gasteiger partial charge is 0.492 e. The van der Waals surface area contributed by atoms with E-state index in [9.17, 15) is 27.6 Å². The molecule has 6 bridgehead atoms. The molecule has 0 spiro atoms. The van der Waals surface area contributed by atoms with Crippen molar-refractivity contribution in [2.24, 2.45) is 5.41 Å². The second-order valence-electron chi connectivity index (χ2n) is 12.6. The normalized spacial score (nSPS) is 15.3. The number of nitrogens with one attached hydrogen (secondary N) is 4.